The monoisotopic (exact) mass is 472 g/mol. The SMILES string of the molecule is CCn1c(=O)n(CCCO)c(=O)c2c1nc(Oc1ccccc1F)n2Cc1ccc(Cl)cc1. The average molecular weight is 473 g/mol. The number of aryl methyl sites for hydroxylation is 1. The molecule has 0 aliphatic heterocycles. The summed E-state index contributed by atoms with van der Waals surface area (Å²) in [5.41, 5.74) is 0.00593. The number of rotatable bonds is 8. The molecule has 2 aromatic carbocycles. The van der Waals surface area contributed by atoms with E-state index in [1.54, 1.807) is 37.3 Å². The molecule has 0 aliphatic carbocycles. The number of aromatic nitrogens is 4. The Kier molecular flexibility index (Phi) is 6.62. The van der Waals surface area contributed by atoms with Crippen LogP contribution in [0, 0.1) is 5.82 Å². The van der Waals surface area contributed by atoms with Crippen LogP contribution in [-0.2, 0) is 19.6 Å². The first kappa shape index (κ1) is 22.8. The summed E-state index contributed by atoms with van der Waals surface area (Å²) in [4.78, 5) is 30.8. The number of fused-ring (bicyclic) bond motifs is 1. The van der Waals surface area contributed by atoms with Gasteiger partial charge in [-0.2, -0.15) is 4.98 Å². The van der Waals surface area contributed by atoms with Crippen LogP contribution in [0.3, 0.4) is 0 Å². The van der Waals surface area contributed by atoms with Crippen LogP contribution in [0.2, 0.25) is 5.02 Å². The van der Waals surface area contributed by atoms with Gasteiger partial charge in [0.1, 0.15) is 0 Å². The number of aliphatic hydroxyl groups is 1. The molecule has 1 N–H and O–H groups in total. The first-order valence-electron chi connectivity index (χ1n) is 10.5. The van der Waals surface area contributed by atoms with E-state index in [0.717, 1.165) is 10.1 Å². The maximum Gasteiger partial charge on any atom is 0.332 e. The van der Waals surface area contributed by atoms with Crippen molar-refractivity contribution in [3.63, 3.8) is 0 Å². The average Bonchev–Trinajstić information content (AvgIpc) is 3.15. The van der Waals surface area contributed by atoms with Crippen molar-refractivity contribution in [2.75, 3.05) is 6.61 Å². The Hall–Kier alpha value is -3.43. The van der Waals surface area contributed by atoms with Crippen molar-refractivity contribution in [3.8, 4) is 11.8 Å². The molecule has 33 heavy (non-hydrogen) atoms. The van der Waals surface area contributed by atoms with Crippen LogP contribution in [0.1, 0.15) is 18.9 Å². The van der Waals surface area contributed by atoms with Crippen LogP contribution in [-0.4, -0.2) is 30.4 Å². The van der Waals surface area contributed by atoms with E-state index >= 15 is 0 Å². The number of benzene rings is 2. The number of halogens is 2. The van der Waals surface area contributed by atoms with Gasteiger partial charge in [-0.05, 0) is 43.2 Å². The molecule has 0 unspecified atom stereocenters. The predicted molar refractivity (Wildman–Crippen MR) is 123 cm³/mol. The molecule has 0 spiro atoms. The van der Waals surface area contributed by atoms with Gasteiger partial charge >= 0.3 is 11.7 Å². The lowest BCUT2D eigenvalue weighted by atomic mass is 10.2. The number of ether oxygens (including phenoxy) is 1. The van der Waals surface area contributed by atoms with E-state index in [2.05, 4.69) is 4.98 Å². The summed E-state index contributed by atoms with van der Waals surface area (Å²) in [5, 5.41) is 9.77. The van der Waals surface area contributed by atoms with Crippen molar-refractivity contribution in [1.82, 2.24) is 18.7 Å². The summed E-state index contributed by atoms with van der Waals surface area (Å²) in [7, 11) is 0. The zero-order valence-corrected chi connectivity index (χ0v) is 18.6. The summed E-state index contributed by atoms with van der Waals surface area (Å²) in [6, 6.07) is 12.9. The van der Waals surface area contributed by atoms with Crippen LogP contribution in [0.4, 0.5) is 4.39 Å². The van der Waals surface area contributed by atoms with Crippen LogP contribution >= 0.6 is 11.6 Å². The first-order chi connectivity index (χ1) is 15.9. The molecule has 10 heteroatoms. The van der Waals surface area contributed by atoms with Crippen molar-refractivity contribution in [1.29, 1.82) is 0 Å². The summed E-state index contributed by atoms with van der Waals surface area (Å²) >= 11 is 6.00. The number of para-hydroxylation sites is 1. The number of nitrogens with zero attached hydrogens (tertiary/aromatic N) is 4. The van der Waals surface area contributed by atoms with Gasteiger partial charge in [0, 0.05) is 24.7 Å². The van der Waals surface area contributed by atoms with E-state index in [1.807, 2.05) is 0 Å². The van der Waals surface area contributed by atoms with Gasteiger partial charge in [0.15, 0.2) is 22.7 Å². The van der Waals surface area contributed by atoms with E-state index in [-0.39, 0.29) is 55.6 Å². The predicted octanol–water partition coefficient (Wildman–Crippen LogP) is 3.40. The Morgan fingerprint density at radius 3 is 2.45 bits per heavy atom. The number of hydrogen-bond acceptors (Lipinski definition) is 5. The molecule has 4 aromatic rings. The topological polar surface area (TPSA) is 91.3 Å². The highest BCUT2D eigenvalue weighted by Gasteiger charge is 2.23. The Morgan fingerprint density at radius 1 is 1.06 bits per heavy atom. The van der Waals surface area contributed by atoms with Gasteiger partial charge in [0.25, 0.3) is 5.56 Å². The number of hydrogen-bond donors (Lipinski definition) is 1. The van der Waals surface area contributed by atoms with Gasteiger partial charge in [-0.3, -0.25) is 18.5 Å². The van der Waals surface area contributed by atoms with E-state index in [9.17, 15) is 19.1 Å². The number of aliphatic hydroxyl groups excluding tert-OH is 1. The third-order valence-electron chi connectivity index (χ3n) is 5.23. The van der Waals surface area contributed by atoms with Crippen LogP contribution in [0.25, 0.3) is 11.2 Å². The highest BCUT2D eigenvalue weighted by atomic mass is 35.5. The zero-order chi connectivity index (χ0) is 23.5. The van der Waals surface area contributed by atoms with Gasteiger partial charge in [-0.25, -0.2) is 9.18 Å². The van der Waals surface area contributed by atoms with Crippen LogP contribution < -0.4 is 16.0 Å². The molecular weight excluding hydrogens is 451 g/mol. The lowest BCUT2D eigenvalue weighted by molar-refractivity contribution is 0.277. The quantitative estimate of drug-likeness (QED) is 0.424. The van der Waals surface area contributed by atoms with Crippen molar-refractivity contribution in [2.45, 2.75) is 33.0 Å². The molecule has 0 radical (unpaired) electrons. The molecule has 4 rings (SSSR count). The lowest BCUT2D eigenvalue weighted by Gasteiger charge is -2.12. The highest BCUT2D eigenvalue weighted by Crippen LogP contribution is 2.27. The molecule has 0 atom stereocenters. The number of imidazole rings is 1. The van der Waals surface area contributed by atoms with Crippen molar-refractivity contribution < 1.29 is 14.2 Å². The smallest absolute Gasteiger partial charge is 0.332 e. The van der Waals surface area contributed by atoms with Crippen molar-refractivity contribution in [2.24, 2.45) is 0 Å². The summed E-state index contributed by atoms with van der Waals surface area (Å²) < 4.78 is 24.1. The van der Waals surface area contributed by atoms with Gasteiger partial charge in [-0.15, -0.1) is 0 Å². The third kappa shape index (κ3) is 4.42. The van der Waals surface area contributed by atoms with Crippen molar-refractivity contribution in [3.05, 3.63) is 85.8 Å². The van der Waals surface area contributed by atoms with Crippen LogP contribution in [0.5, 0.6) is 11.8 Å². The maximum absolute atomic E-state index is 14.3. The molecule has 0 saturated carbocycles. The van der Waals surface area contributed by atoms with Crippen molar-refractivity contribution >= 4 is 22.8 Å². The second kappa shape index (κ2) is 9.60. The zero-order valence-electron chi connectivity index (χ0n) is 17.9. The third-order valence-corrected chi connectivity index (χ3v) is 5.48. The summed E-state index contributed by atoms with van der Waals surface area (Å²) in [6.45, 7) is 2.08. The van der Waals surface area contributed by atoms with E-state index in [0.29, 0.717) is 5.02 Å². The fourth-order valence-corrected chi connectivity index (χ4v) is 3.73. The fourth-order valence-electron chi connectivity index (χ4n) is 3.60. The lowest BCUT2D eigenvalue weighted by Crippen LogP contribution is -2.40. The Balaban J connectivity index is 1.97. The molecular formula is C23H22ClFN4O4. The Morgan fingerprint density at radius 2 is 1.79 bits per heavy atom. The molecule has 172 valence electrons. The molecule has 0 saturated heterocycles. The molecule has 2 aromatic heterocycles. The Labute approximate surface area is 193 Å². The van der Waals surface area contributed by atoms with Gasteiger partial charge < -0.3 is 9.84 Å². The molecule has 2 heterocycles. The normalized spacial score (nSPS) is 11.3. The summed E-state index contributed by atoms with van der Waals surface area (Å²) in [5.74, 6) is -0.646. The van der Waals surface area contributed by atoms with Crippen LogP contribution in [0.15, 0.2) is 58.1 Å². The Bertz CT molecular complexity index is 1410. The summed E-state index contributed by atoms with van der Waals surface area (Å²) in [6.07, 6.45) is 0.244. The molecule has 8 nitrogen and oxygen atoms in total. The van der Waals surface area contributed by atoms with Gasteiger partial charge in [0.2, 0.25) is 0 Å². The van der Waals surface area contributed by atoms with Gasteiger partial charge in [0.05, 0.1) is 6.54 Å². The minimum Gasteiger partial charge on any atom is -0.422 e. The molecule has 0 bridgehead atoms. The first-order valence-corrected chi connectivity index (χ1v) is 10.8. The van der Waals surface area contributed by atoms with E-state index < -0.39 is 17.1 Å². The highest BCUT2D eigenvalue weighted by molar-refractivity contribution is 6.30. The van der Waals surface area contributed by atoms with E-state index in [1.165, 1.54) is 27.3 Å². The second-order valence-electron chi connectivity index (χ2n) is 7.37. The largest absolute Gasteiger partial charge is 0.422 e. The molecule has 0 aliphatic rings. The van der Waals surface area contributed by atoms with E-state index in [4.69, 9.17) is 16.3 Å². The minimum atomic E-state index is -0.587. The standard InChI is InChI=1S/C23H22ClFN4O4/c1-2-27-20-19(21(31)28(23(27)32)12-5-13-30)29(14-15-8-10-16(24)11-9-15)22(26-20)33-18-7-4-3-6-17(18)25/h3-4,6-11,30H,2,5,12-14H2,1H3. The maximum atomic E-state index is 14.3. The molecule has 0 fully saturated rings. The second-order valence-corrected chi connectivity index (χ2v) is 7.81. The fraction of sp³-hybridized carbons (Fsp3) is 0.261. The van der Waals surface area contributed by atoms with Gasteiger partial charge in [-0.1, -0.05) is 35.9 Å². The minimum absolute atomic E-state index is 0.0244. The molecule has 0 amide bonds.